The highest BCUT2D eigenvalue weighted by molar-refractivity contribution is 6.14. The molecule has 0 bridgehead atoms. The number of imide groups is 4. The molecule has 0 saturated carbocycles. The molecule has 26 heteroatoms. The fourth-order valence-electron chi connectivity index (χ4n) is 8.07. The molecule has 448 valence electrons. The lowest BCUT2D eigenvalue weighted by molar-refractivity contribution is -0.139. The monoisotopic (exact) mass is 1140 g/mol. The first kappa shape index (κ1) is 67.0. The average molecular weight is 1140 g/mol. The van der Waals surface area contributed by atoms with E-state index in [9.17, 15) is 57.5 Å². The fraction of sp³-hybridized carbons (Fsp3) is 0.636. The third-order valence-corrected chi connectivity index (χ3v) is 12.6. The molecule has 4 rings (SSSR count). The quantitative estimate of drug-likeness (QED) is 0.0591. The van der Waals surface area contributed by atoms with Crippen LogP contribution in [-0.4, -0.2) is 235 Å². The Bertz CT molecular complexity index is 1880. The zero-order valence-corrected chi connectivity index (χ0v) is 46.1. The van der Waals surface area contributed by atoms with E-state index in [-0.39, 0.29) is 167 Å². The van der Waals surface area contributed by atoms with Crippen LogP contribution in [0.5, 0.6) is 0 Å². The summed E-state index contributed by atoms with van der Waals surface area (Å²) >= 11 is 0. The number of nitrogens with one attached hydrogen (secondary N) is 2. The first-order valence-electron chi connectivity index (χ1n) is 27.5. The Balaban J connectivity index is 1.20. The van der Waals surface area contributed by atoms with Crippen LogP contribution in [0.4, 0.5) is 0 Å². The van der Waals surface area contributed by atoms with E-state index in [0.717, 1.165) is 19.6 Å². The molecule has 0 aromatic heterocycles. The smallest absolute Gasteiger partial charge is 0.253 e. The number of hydrogen-bond acceptors (Lipinski definition) is 20. The molecule has 0 unspecified atom stereocenters. The number of carbonyl (C=O) groups is 12. The minimum Gasteiger partial charge on any atom is -0.379 e. The molecule has 0 atom stereocenters. The van der Waals surface area contributed by atoms with Gasteiger partial charge in [-0.15, -0.1) is 0 Å². The number of carbonyl (C=O) groups excluding carboxylic acids is 12. The predicted octanol–water partition coefficient (Wildman–Crippen LogP) is -0.143. The molecule has 0 aromatic rings. The van der Waals surface area contributed by atoms with Crippen molar-refractivity contribution in [3.8, 4) is 0 Å². The highest BCUT2D eigenvalue weighted by atomic mass is 16.6. The minimum absolute atomic E-state index is 0.00946. The van der Waals surface area contributed by atoms with Crippen LogP contribution < -0.4 is 10.6 Å². The third kappa shape index (κ3) is 27.2. The van der Waals surface area contributed by atoms with E-state index in [1.165, 1.54) is 48.6 Å². The van der Waals surface area contributed by atoms with Crippen molar-refractivity contribution in [1.29, 1.82) is 0 Å². The van der Waals surface area contributed by atoms with Gasteiger partial charge >= 0.3 is 0 Å². The van der Waals surface area contributed by atoms with Crippen LogP contribution in [0.3, 0.4) is 0 Å². The third-order valence-electron chi connectivity index (χ3n) is 12.6. The van der Waals surface area contributed by atoms with Crippen molar-refractivity contribution < 1.29 is 95.4 Å². The second-order valence-electron chi connectivity index (χ2n) is 19.2. The summed E-state index contributed by atoms with van der Waals surface area (Å²) < 4.78 is 47.6. The average Bonchev–Trinajstić information content (AvgIpc) is 4.20. The van der Waals surface area contributed by atoms with Crippen molar-refractivity contribution in [3.05, 3.63) is 48.6 Å². The van der Waals surface area contributed by atoms with Crippen LogP contribution >= 0.6 is 0 Å². The Labute approximate surface area is 471 Å². The van der Waals surface area contributed by atoms with E-state index >= 15 is 0 Å². The van der Waals surface area contributed by atoms with Gasteiger partial charge in [0.05, 0.1) is 84.7 Å². The molecular weight excluding hydrogens is 1060 g/mol. The lowest BCUT2D eigenvalue weighted by Gasteiger charge is -2.33. The second kappa shape index (κ2) is 39.0. The van der Waals surface area contributed by atoms with E-state index in [4.69, 9.17) is 37.9 Å². The van der Waals surface area contributed by atoms with Crippen molar-refractivity contribution >= 4 is 70.6 Å². The first-order valence-corrected chi connectivity index (χ1v) is 27.5. The van der Waals surface area contributed by atoms with Crippen LogP contribution in [0, 0.1) is 5.41 Å². The van der Waals surface area contributed by atoms with Crippen LogP contribution in [0.2, 0.25) is 0 Å². The Morgan fingerprint density at radius 2 is 0.556 bits per heavy atom. The lowest BCUT2D eigenvalue weighted by atomic mass is 9.92. The van der Waals surface area contributed by atoms with E-state index < -0.39 is 52.7 Å². The van der Waals surface area contributed by atoms with Crippen LogP contribution in [0.15, 0.2) is 48.6 Å². The highest BCUT2D eigenvalue weighted by Gasteiger charge is 2.33. The molecule has 26 nitrogen and oxygen atoms in total. The van der Waals surface area contributed by atoms with Gasteiger partial charge in [0, 0.05) is 153 Å². The van der Waals surface area contributed by atoms with Gasteiger partial charge in [0.25, 0.3) is 47.3 Å². The predicted molar refractivity (Wildman–Crippen MR) is 284 cm³/mol. The number of unbranched alkanes of at least 4 members (excludes halogenated alkanes) is 2. The molecule has 4 heterocycles. The standard InChI is InChI=1S/C55H78N6O20/c62-43(17-23-58-47(66)9-10-48(58)67)7-1-3-27-74-31-35-78-39-55(40-79-36-32-75-28-4-2-8-44(63)18-24-59-49(68)11-12-50(59)69,41-80-37-33-76-29-5-21-56-45(64)19-25-60-51(70)13-14-52(60)71)42-81-38-34-77-30-6-22-57-46(65)20-26-61-53(72)15-16-54(61)73/h9-16H,1-8,17-42H2,(H,56,64)(H,57,65). The van der Waals surface area contributed by atoms with Crippen molar-refractivity contribution in [3.63, 3.8) is 0 Å². The Kier molecular flexibility index (Phi) is 32.3. The summed E-state index contributed by atoms with van der Waals surface area (Å²) in [7, 11) is 0. The molecule has 0 radical (unpaired) electrons. The molecule has 0 aliphatic carbocycles. The topological polar surface area (TPSA) is 316 Å². The SMILES string of the molecule is O=C(CCCCOCCOCC(COCCOCCCCC(=O)CCN1C(=O)C=CC1=O)(COCCOCCCNC(=O)CCN1C(=O)C=CC1=O)COCCOCCCNC(=O)CCN1C(=O)C=CC1=O)CCN1C(=O)C=CC1=O. The summed E-state index contributed by atoms with van der Waals surface area (Å²) in [4.78, 5) is 147. The lowest BCUT2D eigenvalue weighted by Crippen LogP contribution is -2.43. The number of ether oxygens (including phenoxy) is 8. The molecule has 4 aliphatic heterocycles. The number of amides is 10. The van der Waals surface area contributed by atoms with Crippen molar-refractivity contribution in [2.24, 2.45) is 5.41 Å². The summed E-state index contributed by atoms with van der Waals surface area (Å²) in [5.41, 5.74) is -0.850. The summed E-state index contributed by atoms with van der Waals surface area (Å²) in [6, 6.07) is 0. The number of hydrogen-bond donors (Lipinski definition) is 2. The fourth-order valence-corrected chi connectivity index (χ4v) is 8.07. The first-order chi connectivity index (χ1) is 39.2. The van der Waals surface area contributed by atoms with E-state index in [2.05, 4.69) is 10.6 Å². The Morgan fingerprint density at radius 3 is 0.840 bits per heavy atom. The molecular formula is C55H78N6O20. The maximum absolute atomic E-state index is 12.4. The summed E-state index contributed by atoms with van der Waals surface area (Å²) in [6.45, 7) is 4.39. The zero-order valence-electron chi connectivity index (χ0n) is 46.1. The van der Waals surface area contributed by atoms with Gasteiger partial charge in [0.1, 0.15) is 11.6 Å². The molecule has 2 N–H and O–H groups in total. The normalized spacial score (nSPS) is 15.1. The van der Waals surface area contributed by atoms with Gasteiger partial charge in [0.15, 0.2) is 0 Å². The van der Waals surface area contributed by atoms with Gasteiger partial charge in [-0.05, 0) is 38.5 Å². The maximum atomic E-state index is 12.4. The van der Waals surface area contributed by atoms with Crippen molar-refractivity contribution in [2.45, 2.75) is 77.0 Å². The van der Waals surface area contributed by atoms with Crippen molar-refractivity contribution in [2.75, 3.05) is 145 Å². The van der Waals surface area contributed by atoms with Crippen LogP contribution in [0.25, 0.3) is 0 Å². The molecule has 0 saturated heterocycles. The van der Waals surface area contributed by atoms with E-state index in [1.807, 2.05) is 0 Å². The molecule has 10 amide bonds. The maximum Gasteiger partial charge on any atom is 0.253 e. The Morgan fingerprint density at radius 1 is 0.309 bits per heavy atom. The molecule has 0 spiro atoms. The van der Waals surface area contributed by atoms with Gasteiger partial charge in [-0.3, -0.25) is 77.1 Å². The Hall–Kier alpha value is -6.52. The van der Waals surface area contributed by atoms with Gasteiger partial charge in [-0.1, -0.05) is 0 Å². The largest absolute Gasteiger partial charge is 0.379 e. The van der Waals surface area contributed by atoms with Crippen molar-refractivity contribution in [1.82, 2.24) is 30.2 Å². The number of ketones is 2. The number of nitrogens with zero attached hydrogens (tertiary/aromatic N) is 4. The number of Topliss-reactive ketones (excluding diaryl/α,β-unsaturated/α-hetero) is 2. The van der Waals surface area contributed by atoms with E-state index in [0.29, 0.717) is 78.0 Å². The summed E-state index contributed by atoms with van der Waals surface area (Å²) in [5.74, 6) is -4.20. The van der Waals surface area contributed by atoms with Gasteiger partial charge in [0.2, 0.25) is 11.8 Å². The summed E-state index contributed by atoms with van der Waals surface area (Å²) in [6.07, 6.45) is 13.5. The van der Waals surface area contributed by atoms with Crippen LogP contribution in [0.1, 0.15) is 77.0 Å². The molecule has 4 aliphatic rings. The highest BCUT2D eigenvalue weighted by Crippen LogP contribution is 2.21. The number of rotatable bonds is 50. The molecule has 81 heavy (non-hydrogen) atoms. The van der Waals surface area contributed by atoms with Gasteiger partial charge < -0.3 is 48.5 Å². The minimum atomic E-state index is -0.850. The van der Waals surface area contributed by atoms with Gasteiger partial charge in [-0.2, -0.15) is 0 Å². The summed E-state index contributed by atoms with van der Waals surface area (Å²) in [5, 5.41) is 5.50. The van der Waals surface area contributed by atoms with E-state index in [1.54, 1.807) is 0 Å². The van der Waals surface area contributed by atoms with Gasteiger partial charge in [-0.25, -0.2) is 0 Å². The zero-order chi connectivity index (χ0) is 58.5. The van der Waals surface area contributed by atoms with Crippen LogP contribution in [-0.2, 0) is 95.4 Å². The molecule has 0 aromatic carbocycles. The molecule has 0 fully saturated rings. The second-order valence-corrected chi connectivity index (χ2v) is 19.2.